The van der Waals surface area contributed by atoms with Crippen LogP contribution in [0.15, 0.2) is 0 Å². The molecule has 0 heterocycles. The van der Waals surface area contributed by atoms with Gasteiger partial charge in [0.1, 0.15) is 0 Å². The Morgan fingerprint density at radius 1 is 1.55 bits per heavy atom. The molecule has 0 saturated heterocycles. The van der Waals surface area contributed by atoms with Gasteiger partial charge in [-0.1, -0.05) is 20.8 Å². The molecule has 0 radical (unpaired) electrons. The predicted molar refractivity (Wildman–Crippen MR) is 40.9 cm³/mol. The van der Waals surface area contributed by atoms with Gasteiger partial charge in [-0.15, -0.1) is 4.20 Å². The summed E-state index contributed by atoms with van der Waals surface area (Å²) in [5, 5.41) is 0. The number of hydrogen-bond acceptors (Lipinski definition) is 2. The number of rotatable bonds is 2. The monoisotopic (exact) mass is 184 g/mol. The molecule has 0 aliphatic rings. The lowest BCUT2D eigenvalue weighted by Gasteiger charge is -2.26. The molecule has 5 heteroatoms. The molecule has 0 bridgehead atoms. The van der Waals surface area contributed by atoms with Gasteiger partial charge in [-0.2, -0.15) is 0 Å². The molecule has 0 fully saturated rings. The minimum atomic E-state index is -4.82. The molecule has 2 unspecified atom stereocenters. The fourth-order valence-corrected chi connectivity index (χ4v) is 1.06. The summed E-state index contributed by atoms with van der Waals surface area (Å²) >= 11 is 0. The molecule has 0 spiro atoms. The van der Waals surface area contributed by atoms with Gasteiger partial charge in [0.15, 0.2) is 0 Å². The highest BCUT2D eigenvalue weighted by atomic mass is 31.2. The molecule has 0 aromatic rings. The Balaban J connectivity index is 4.10. The minimum Gasteiger partial charge on any atom is -0.299 e. The van der Waals surface area contributed by atoms with Gasteiger partial charge >= 0.3 is 7.91 Å². The van der Waals surface area contributed by atoms with Crippen molar-refractivity contribution in [1.29, 1.82) is 0 Å². The molecule has 0 saturated carbocycles. The molecular weight excluding hydrogens is 170 g/mol. The highest BCUT2D eigenvalue weighted by Crippen LogP contribution is 2.47. The molecule has 0 aromatic carbocycles. The lowest BCUT2D eigenvalue weighted by atomic mass is 9.91. The molecule has 1 N–H and O–H groups in total. The van der Waals surface area contributed by atoms with E-state index < -0.39 is 14.0 Å². The van der Waals surface area contributed by atoms with E-state index in [0.29, 0.717) is 0 Å². The first-order valence-electron chi connectivity index (χ1n) is 3.34. The van der Waals surface area contributed by atoms with Crippen LogP contribution in [0.25, 0.3) is 0 Å². The molecule has 0 rings (SSSR count). The van der Waals surface area contributed by atoms with Gasteiger partial charge in [0, 0.05) is 0 Å². The van der Waals surface area contributed by atoms with Crippen LogP contribution < -0.4 is 0 Å². The zero-order chi connectivity index (χ0) is 9.28. The summed E-state index contributed by atoms with van der Waals surface area (Å²) in [6.45, 7) is 6.95. The Bertz CT molecular complexity index is 169. The average molecular weight is 184 g/mol. The molecule has 0 aliphatic carbocycles. The standard InChI is InChI=1S/C6H14FO3P/c1-5(6(2,3)4)10-11(7,8)9/h5H,1-4H3,(H,8,9). The molecule has 68 valence electrons. The highest BCUT2D eigenvalue weighted by Gasteiger charge is 2.29. The second kappa shape index (κ2) is 3.21. The fourth-order valence-electron chi connectivity index (χ4n) is 0.353. The van der Waals surface area contributed by atoms with Crippen molar-refractivity contribution in [2.75, 3.05) is 0 Å². The van der Waals surface area contributed by atoms with Gasteiger partial charge < -0.3 is 0 Å². The zero-order valence-electron chi connectivity index (χ0n) is 7.17. The van der Waals surface area contributed by atoms with E-state index in [4.69, 9.17) is 4.89 Å². The molecular formula is C6H14FO3P. The average Bonchev–Trinajstić information content (AvgIpc) is 1.56. The maximum absolute atomic E-state index is 12.1. The maximum Gasteiger partial charge on any atom is 0.510 e. The molecule has 11 heavy (non-hydrogen) atoms. The van der Waals surface area contributed by atoms with Crippen LogP contribution in [0, 0.1) is 5.41 Å². The zero-order valence-corrected chi connectivity index (χ0v) is 8.06. The van der Waals surface area contributed by atoms with Crippen LogP contribution in [0.4, 0.5) is 4.20 Å². The van der Waals surface area contributed by atoms with Crippen LogP contribution >= 0.6 is 7.91 Å². The van der Waals surface area contributed by atoms with Crippen molar-refractivity contribution < 1.29 is 18.2 Å². The Labute approximate surface area is 66.2 Å². The summed E-state index contributed by atoms with van der Waals surface area (Å²) in [5.74, 6) is 0. The van der Waals surface area contributed by atoms with Crippen molar-refractivity contribution in [1.82, 2.24) is 0 Å². The molecule has 3 nitrogen and oxygen atoms in total. The van der Waals surface area contributed by atoms with Crippen molar-refractivity contribution in [2.24, 2.45) is 5.41 Å². The smallest absolute Gasteiger partial charge is 0.299 e. The van der Waals surface area contributed by atoms with Gasteiger partial charge in [0.05, 0.1) is 6.10 Å². The summed E-state index contributed by atoms with van der Waals surface area (Å²) in [6, 6.07) is 0. The van der Waals surface area contributed by atoms with E-state index in [2.05, 4.69) is 4.52 Å². The summed E-state index contributed by atoms with van der Waals surface area (Å²) in [6.07, 6.45) is -0.580. The van der Waals surface area contributed by atoms with Gasteiger partial charge in [-0.05, 0) is 12.3 Å². The first kappa shape index (κ1) is 11.1. The van der Waals surface area contributed by atoms with E-state index in [1.807, 2.05) is 0 Å². The minimum absolute atomic E-state index is 0.329. The third-order valence-corrected chi connectivity index (χ3v) is 2.08. The number of hydrogen-bond donors (Lipinski definition) is 1. The van der Waals surface area contributed by atoms with Crippen LogP contribution in [0.2, 0.25) is 0 Å². The van der Waals surface area contributed by atoms with Crippen molar-refractivity contribution in [2.45, 2.75) is 33.8 Å². The third kappa shape index (κ3) is 5.36. The Hall–Kier alpha value is 0.0800. The van der Waals surface area contributed by atoms with E-state index in [-0.39, 0.29) is 5.41 Å². The normalized spacial score (nSPS) is 20.9. The quantitative estimate of drug-likeness (QED) is 0.670. The van der Waals surface area contributed by atoms with Gasteiger partial charge in [0.2, 0.25) is 0 Å². The van der Waals surface area contributed by atoms with E-state index in [1.165, 1.54) is 0 Å². The fraction of sp³-hybridized carbons (Fsp3) is 1.00. The lowest BCUT2D eigenvalue weighted by Crippen LogP contribution is -2.24. The first-order chi connectivity index (χ1) is 4.63. The van der Waals surface area contributed by atoms with Crippen LogP contribution in [-0.4, -0.2) is 11.0 Å². The van der Waals surface area contributed by atoms with Gasteiger partial charge in [-0.25, -0.2) is 4.57 Å². The van der Waals surface area contributed by atoms with Crippen molar-refractivity contribution >= 4 is 7.91 Å². The Morgan fingerprint density at radius 3 is 2.00 bits per heavy atom. The van der Waals surface area contributed by atoms with E-state index in [9.17, 15) is 8.76 Å². The van der Waals surface area contributed by atoms with Crippen LogP contribution in [0.3, 0.4) is 0 Å². The summed E-state index contributed by atoms with van der Waals surface area (Å²) in [7, 11) is -4.82. The topological polar surface area (TPSA) is 46.5 Å². The largest absolute Gasteiger partial charge is 0.510 e. The van der Waals surface area contributed by atoms with E-state index in [0.717, 1.165) is 0 Å². The van der Waals surface area contributed by atoms with E-state index >= 15 is 0 Å². The Kier molecular flexibility index (Phi) is 3.24. The van der Waals surface area contributed by atoms with Gasteiger partial charge in [-0.3, -0.25) is 9.42 Å². The molecule has 2 atom stereocenters. The number of halogens is 1. The summed E-state index contributed by atoms with van der Waals surface area (Å²) in [5.41, 5.74) is -0.329. The third-order valence-electron chi connectivity index (χ3n) is 1.51. The van der Waals surface area contributed by atoms with Crippen LogP contribution in [-0.2, 0) is 9.09 Å². The van der Waals surface area contributed by atoms with Crippen molar-refractivity contribution in [3.8, 4) is 0 Å². The predicted octanol–water partition coefficient (Wildman–Crippen LogP) is 2.51. The SMILES string of the molecule is CC(OP(=O)(O)F)C(C)(C)C. The van der Waals surface area contributed by atoms with Crippen LogP contribution in [0.5, 0.6) is 0 Å². The molecule has 0 amide bonds. The van der Waals surface area contributed by atoms with Gasteiger partial charge in [0.25, 0.3) is 0 Å². The lowest BCUT2D eigenvalue weighted by molar-refractivity contribution is 0.0772. The summed E-state index contributed by atoms with van der Waals surface area (Å²) < 4.78 is 26.4. The van der Waals surface area contributed by atoms with Crippen molar-refractivity contribution in [3.05, 3.63) is 0 Å². The second-order valence-electron chi connectivity index (χ2n) is 3.57. The van der Waals surface area contributed by atoms with Crippen molar-refractivity contribution in [3.63, 3.8) is 0 Å². The molecule has 0 aliphatic heterocycles. The molecule has 0 aromatic heterocycles. The van der Waals surface area contributed by atoms with E-state index in [1.54, 1.807) is 27.7 Å². The summed E-state index contributed by atoms with van der Waals surface area (Å²) in [4.78, 5) is 8.22. The Morgan fingerprint density at radius 2 is 1.91 bits per heavy atom. The second-order valence-corrected chi connectivity index (χ2v) is 4.68. The highest BCUT2D eigenvalue weighted by molar-refractivity contribution is 7.46. The first-order valence-corrected chi connectivity index (χ1v) is 4.80. The van der Waals surface area contributed by atoms with Crippen LogP contribution in [0.1, 0.15) is 27.7 Å². The maximum atomic E-state index is 12.1.